The van der Waals surface area contributed by atoms with Gasteiger partial charge in [-0.05, 0) is 37.3 Å². The predicted molar refractivity (Wildman–Crippen MR) is 91.7 cm³/mol. The maximum absolute atomic E-state index is 12.3. The first-order valence-electron chi connectivity index (χ1n) is 8.68. The molecule has 4 rings (SSSR count). The molecular weight excluding hydrogens is 324 g/mol. The number of aryl methyl sites for hydroxylation is 1. The van der Waals surface area contributed by atoms with Gasteiger partial charge in [-0.15, -0.1) is 10.2 Å². The van der Waals surface area contributed by atoms with Crippen LogP contribution in [0.25, 0.3) is 11.5 Å². The molecule has 1 amide bonds. The van der Waals surface area contributed by atoms with Crippen LogP contribution < -0.4 is 5.32 Å². The lowest BCUT2D eigenvalue weighted by Gasteiger charge is -2.32. The lowest BCUT2D eigenvalue weighted by atomic mass is 9.99. The average molecular weight is 346 g/mol. The molecule has 2 fully saturated rings. The Hall–Kier alpha value is -1.73. The van der Waals surface area contributed by atoms with E-state index in [1.165, 1.54) is 25.8 Å². The Morgan fingerprint density at radius 2 is 2.29 bits per heavy atom. The largest absolute Gasteiger partial charge is 0.421 e. The van der Waals surface area contributed by atoms with Crippen LogP contribution in [0.15, 0.2) is 21.2 Å². The number of hydrogen-bond acceptors (Lipinski definition) is 6. The minimum atomic E-state index is 0.0858. The first kappa shape index (κ1) is 15.8. The first-order valence-corrected chi connectivity index (χ1v) is 9.62. The Kier molecular flexibility index (Phi) is 4.62. The highest BCUT2D eigenvalue weighted by Gasteiger charge is 2.36. The maximum atomic E-state index is 12.3. The van der Waals surface area contributed by atoms with E-state index in [9.17, 15) is 4.79 Å². The zero-order valence-corrected chi connectivity index (χ0v) is 14.4. The van der Waals surface area contributed by atoms with E-state index in [1.807, 2.05) is 16.8 Å². The Morgan fingerprint density at radius 3 is 3.17 bits per heavy atom. The normalized spacial score (nSPS) is 24.0. The number of fused-ring (bicyclic) bond motifs is 1. The second-order valence-corrected chi connectivity index (χ2v) is 7.35. The van der Waals surface area contributed by atoms with Crippen LogP contribution in [0.4, 0.5) is 0 Å². The smallest absolute Gasteiger partial charge is 0.248 e. The van der Waals surface area contributed by atoms with E-state index in [1.54, 1.807) is 11.3 Å². The van der Waals surface area contributed by atoms with Gasteiger partial charge in [0.05, 0.1) is 0 Å². The molecule has 0 bridgehead atoms. The number of nitrogens with zero attached hydrogens (tertiary/aromatic N) is 3. The molecule has 2 atom stereocenters. The molecule has 2 aliphatic heterocycles. The third-order valence-electron chi connectivity index (χ3n) is 5.00. The van der Waals surface area contributed by atoms with Crippen LogP contribution in [-0.2, 0) is 11.2 Å². The Bertz CT molecular complexity index is 685. The molecule has 6 nitrogen and oxygen atoms in total. The summed E-state index contributed by atoms with van der Waals surface area (Å²) in [6, 6.07) is 2.79. The van der Waals surface area contributed by atoms with Crippen LogP contribution in [0.1, 0.15) is 38.0 Å². The lowest BCUT2D eigenvalue weighted by molar-refractivity contribution is -0.122. The van der Waals surface area contributed by atoms with Gasteiger partial charge in [-0.1, -0.05) is 6.42 Å². The van der Waals surface area contributed by atoms with E-state index >= 15 is 0 Å². The maximum Gasteiger partial charge on any atom is 0.248 e. The molecule has 0 aliphatic carbocycles. The van der Waals surface area contributed by atoms with E-state index in [2.05, 4.69) is 20.4 Å². The summed E-state index contributed by atoms with van der Waals surface area (Å²) in [6.07, 6.45) is 5.73. The molecule has 1 N–H and O–H groups in total. The minimum Gasteiger partial charge on any atom is -0.421 e. The second kappa shape index (κ2) is 7.03. The van der Waals surface area contributed by atoms with E-state index in [0.29, 0.717) is 36.7 Å². The molecule has 4 heterocycles. The molecule has 2 aromatic rings. The number of amides is 1. The second-order valence-electron chi connectivity index (χ2n) is 6.57. The minimum absolute atomic E-state index is 0.0858. The molecule has 0 saturated carbocycles. The zero-order chi connectivity index (χ0) is 16.4. The number of nitrogens with one attached hydrogen (secondary N) is 1. The van der Waals surface area contributed by atoms with Gasteiger partial charge in [0.15, 0.2) is 0 Å². The van der Waals surface area contributed by atoms with Gasteiger partial charge in [0, 0.05) is 42.4 Å². The standard InChI is InChI=1S/C17H22N4O2S/c22-15(18-13-6-9-21-8-2-1-3-14(13)21)4-5-16-19-20-17(23-16)12-7-10-24-11-12/h7,10-11,13-14H,1-6,8-9H2,(H,18,22)/t13-,14-/m0/s1. The van der Waals surface area contributed by atoms with Crippen molar-refractivity contribution in [3.05, 3.63) is 22.7 Å². The summed E-state index contributed by atoms with van der Waals surface area (Å²) >= 11 is 1.59. The van der Waals surface area contributed by atoms with Gasteiger partial charge in [0.2, 0.25) is 17.7 Å². The molecule has 2 saturated heterocycles. The number of carbonyl (C=O) groups is 1. The lowest BCUT2D eigenvalue weighted by Crippen LogP contribution is -2.46. The van der Waals surface area contributed by atoms with Gasteiger partial charge in [-0.25, -0.2) is 0 Å². The molecule has 24 heavy (non-hydrogen) atoms. The van der Waals surface area contributed by atoms with E-state index < -0.39 is 0 Å². The van der Waals surface area contributed by atoms with Crippen molar-refractivity contribution >= 4 is 17.2 Å². The first-order chi connectivity index (χ1) is 11.8. The van der Waals surface area contributed by atoms with Gasteiger partial charge in [0.1, 0.15) is 0 Å². The fourth-order valence-electron chi connectivity index (χ4n) is 3.77. The zero-order valence-electron chi connectivity index (χ0n) is 13.6. The molecule has 2 aromatic heterocycles. The monoisotopic (exact) mass is 346 g/mol. The highest BCUT2D eigenvalue weighted by Crippen LogP contribution is 2.27. The highest BCUT2D eigenvalue weighted by atomic mass is 32.1. The van der Waals surface area contributed by atoms with Crippen molar-refractivity contribution in [3.63, 3.8) is 0 Å². The van der Waals surface area contributed by atoms with Gasteiger partial charge in [-0.3, -0.25) is 9.69 Å². The molecule has 2 aliphatic rings. The van der Waals surface area contributed by atoms with Crippen LogP contribution in [-0.4, -0.2) is 46.2 Å². The summed E-state index contributed by atoms with van der Waals surface area (Å²) in [7, 11) is 0. The van der Waals surface area contributed by atoms with Crippen molar-refractivity contribution < 1.29 is 9.21 Å². The molecule has 0 unspecified atom stereocenters. The number of aromatic nitrogens is 2. The summed E-state index contributed by atoms with van der Waals surface area (Å²) < 4.78 is 5.63. The van der Waals surface area contributed by atoms with Crippen LogP contribution >= 0.6 is 11.3 Å². The molecule has 0 aromatic carbocycles. The highest BCUT2D eigenvalue weighted by molar-refractivity contribution is 7.08. The van der Waals surface area contributed by atoms with E-state index in [-0.39, 0.29) is 5.91 Å². The third kappa shape index (κ3) is 3.37. The number of hydrogen-bond donors (Lipinski definition) is 1. The quantitative estimate of drug-likeness (QED) is 0.900. The number of carbonyl (C=O) groups excluding carboxylic acids is 1. The number of rotatable bonds is 5. The fourth-order valence-corrected chi connectivity index (χ4v) is 4.40. The van der Waals surface area contributed by atoms with Gasteiger partial charge >= 0.3 is 0 Å². The Labute approximate surface area is 145 Å². The third-order valence-corrected chi connectivity index (χ3v) is 5.69. The van der Waals surface area contributed by atoms with Crippen molar-refractivity contribution in [2.45, 2.75) is 50.6 Å². The van der Waals surface area contributed by atoms with Crippen LogP contribution in [0.2, 0.25) is 0 Å². The van der Waals surface area contributed by atoms with Gasteiger partial charge in [-0.2, -0.15) is 11.3 Å². The molecule has 0 spiro atoms. The van der Waals surface area contributed by atoms with Crippen LogP contribution in [0.3, 0.4) is 0 Å². The summed E-state index contributed by atoms with van der Waals surface area (Å²) in [5, 5.41) is 15.2. The van der Waals surface area contributed by atoms with Gasteiger partial charge in [0.25, 0.3) is 0 Å². The van der Waals surface area contributed by atoms with Gasteiger partial charge < -0.3 is 9.73 Å². The molecule has 0 radical (unpaired) electrons. The van der Waals surface area contributed by atoms with Crippen molar-refractivity contribution in [2.24, 2.45) is 0 Å². The molecule has 128 valence electrons. The van der Waals surface area contributed by atoms with Crippen LogP contribution in [0.5, 0.6) is 0 Å². The number of thiophene rings is 1. The molecule has 7 heteroatoms. The molecular formula is C17H22N4O2S. The Morgan fingerprint density at radius 1 is 1.33 bits per heavy atom. The van der Waals surface area contributed by atoms with Crippen molar-refractivity contribution in [2.75, 3.05) is 13.1 Å². The summed E-state index contributed by atoms with van der Waals surface area (Å²) in [4.78, 5) is 14.8. The fraction of sp³-hybridized carbons (Fsp3) is 0.588. The van der Waals surface area contributed by atoms with Crippen molar-refractivity contribution in [1.82, 2.24) is 20.4 Å². The van der Waals surface area contributed by atoms with Crippen molar-refractivity contribution in [1.29, 1.82) is 0 Å². The van der Waals surface area contributed by atoms with E-state index in [0.717, 1.165) is 18.5 Å². The topological polar surface area (TPSA) is 71.3 Å². The average Bonchev–Trinajstić information content (AvgIpc) is 3.34. The Balaban J connectivity index is 1.28. The number of piperidine rings is 1. The van der Waals surface area contributed by atoms with Crippen LogP contribution in [0, 0.1) is 0 Å². The van der Waals surface area contributed by atoms with Crippen molar-refractivity contribution in [3.8, 4) is 11.5 Å². The summed E-state index contributed by atoms with van der Waals surface area (Å²) in [5.41, 5.74) is 0.937. The predicted octanol–water partition coefficient (Wildman–Crippen LogP) is 2.47. The summed E-state index contributed by atoms with van der Waals surface area (Å²) in [5.74, 6) is 1.14. The SMILES string of the molecule is O=C(CCc1nnc(-c2ccsc2)o1)N[C@H]1CCN2CCCC[C@@H]12. The van der Waals surface area contributed by atoms with E-state index in [4.69, 9.17) is 4.42 Å². The summed E-state index contributed by atoms with van der Waals surface area (Å²) in [6.45, 7) is 2.30.